The molecule has 3 nitrogen and oxygen atoms in total. The first-order chi connectivity index (χ1) is 10.8. The molecule has 1 radical (unpaired) electrons. The molecule has 0 spiro atoms. The normalized spacial score (nSPS) is 12.7. The Morgan fingerprint density at radius 2 is 1.70 bits per heavy atom. The van der Waals surface area contributed by atoms with Crippen molar-refractivity contribution in [2.75, 3.05) is 0 Å². The Balaban J connectivity index is 1.91. The van der Waals surface area contributed by atoms with Crippen LogP contribution in [0.1, 0.15) is 27.7 Å². The van der Waals surface area contributed by atoms with Crippen LogP contribution in [0.5, 0.6) is 0 Å². The maximum atomic E-state index is 10.2. The van der Waals surface area contributed by atoms with Crippen LogP contribution in [0.4, 0.5) is 0 Å². The van der Waals surface area contributed by atoms with E-state index in [0.29, 0.717) is 0 Å². The fourth-order valence-corrected chi connectivity index (χ4v) is 2.35. The number of hydrogen-bond acceptors (Lipinski definition) is 3. The van der Waals surface area contributed by atoms with E-state index < -0.39 is 11.2 Å². The van der Waals surface area contributed by atoms with Crippen LogP contribution in [-0.2, 0) is 4.65 Å². The fraction of sp³-hybridized carbons (Fsp3) is 0.316. The van der Waals surface area contributed by atoms with E-state index in [-0.39, 0.29) is 0 Å². The molecule has 1 aromatic heterocycles. The molecular formula is C19H21BNO2. The standard InChI is InChI=1S/C19H21BNO2/c1-18(2,22)19(3,4)23-20-15-7-8-16-14(11-15)6-5-13-9-10-21-12-17(13)16/h5-12,22H,1-4H3. The number of benzene rings is 2. The molecule has 0 fully saturated rings. The Bertz CT molecular complexity index is 853. The summed E-state index contributed by atoms with van der Waals surface area (Å²) in [7, 11) is 1.71. The molecule has 0 bridgehead atoms. The second-order valence-corrected chi connectivity index (χ2v) is 6.95. The van der Waals surface area contributed by atoms with Crippen molar-refractivity contribution in [2.45, 2.75) is 38.9 Å². The number of pyridine rings is 1. The zero-order valence-electron chi connectivity index (χ0n) is 14.0. The summed E-state index contributed by atoms with van der Waals surface area (Å²) in [5.41, 5.74) is -0.629. The minimum atomic E-state index is -0.928. The minimum Gasteiger partial charge on any atom is -0.427 e. The summed E-state index contributed by atoms with van der Waals surface area (Å²) in [6.07, 6.45) is 3.71. The van der Waals surface area contributed by atoms with Crippen LogP contribution >= 0.6 is 0 Å². The van der Waals surface area contributed by atoms with Gasteiger partial charge in [0.25, 0.3) is 0 Å². The molecule has 0 aliphatic carbocycles. The molecule has 0 unspecified atom stereocenters. The van der Waals surface area contributed by atoms with Crippen molar-refractivity contribution in [3.8, 4) is 0 Å². The van der Waals surface area contributed by atoms with Crippen molar-refractivity contribution in [1.29, 1.82) is 0 Å². The molecule has 23 heavy (non-hydrogen) atoms. The number of fused-ring (bicyclic) bond motifs is 3. The van der Waals surface area contributed by atoms with Crippen LogP contribution in [0.3, 0.4) is 0 Å². The van der Waals surface area contributed by atoms with Gasteiger partial charge in [-0.15, -0.1) is 0 Å². The minimum absolute atomic E-state index is 0.671. The topological polar surface area (TPSA) is 42.4 Å². The van der Waals surface area contributed by atoms with Gasteiger partial charge in [-0.05, 0) is 49.9 Å². The van der Waals surface area contributed by atoms with Gasteiger partial charge in [0.1, 0.15) is 0 Å². The average molecular weight is 306 g/mol. The molecule has 4 heteroatoms. The van der Waals surface area contributed by atoms with E-state index in [9.17, 15) is 5.11 Å². The second-order valence-electron chi connectivity index (χ2n) is 6.95. The smallest absolute Gasteiger partial charge is 0.330 e. The molecule has 117 valence electrons. The van der Waals surface area contributed by atoms with Gasteiger partial charge in [-0.25, -0.2) is 0 Å². The third-order valence-electron chi connectivity index (χ3n) is 4.63. The lowest BCUT2D eigenvalue weighted by molar-refractivity contribution is -0.0893. The van der Waals surface area contributed by atoms with Crippen molar-refractivity contribution in [2.24, 2.45) is 0 Å². The van der Waals surface area contributed by atoms with Gasteiger partial charge >= 0.3 is 7.48 Å². The molecule has 0 saturated carbocycles. The highest BCUT2D eigenvalue weighted by Crippen LogP contribution is 2.25. The van der Waals surface area contributed by atoms with Crippen LogP contribution in [0.2, 0.25) is 0 Å². The number of aliphatic hydroxyl groups is 1. The number of rotatable bonds is 4. The summed E-state index contributed by atoms with van der Waals surface area (Å²) in [6.45, 7) is 7.26. The monoisotopic (exact) mass is 306 g/mol. The first-order valence-corrected chi connectivity index (χ1v) is 7.78. The van der Waals surface area contributed by atoms with E-state index in [1.54, 1.807) is 21.3 Å². The highest BCUT2D eigenvalue weighted by Gasteiger charge is 2.35. The molecule has 1 N–H and O–H groups in total. The summed E-state index contributed by atoms with van der Waals surface area (Å²) in [4.78, 5) is 4.22. The largest absolute Gasteiger partial charge is 0.427 e. The molecule has 1 heterocycles. The Morgan fingerprint density at radius 3 is 2.43 bits per heavy atom. The van der Waals surface area contributed by atoms with Gasteiger partial charge in [-0.1, -0.05) is 35.8 Å². The lowest BCUT2D eigenvalue weighted by Crippen LogP contribution is -2.49. The summed E-state index contributed by atoms with van der Waals surface area (Å²) >= 11 is 0. The number of hydrogen-bond donors (Lipinski definition) is 1. The maximum absolute atomic E-state index is 10.2. The van der Waals surface area contributed by atoms with Gasteiger partial charge in [0.2, 0.25) is 0 Å². The third-order valence-corrected chi connectivity index (χ3v) is 4.63. The van der Waals surface area contributed by atoms with E-state index in [1.165, 1.54) is 10.8 Å². The first-order valence-electron chi connectivity index (χ1n) is 7.78. The second kappa shape index (κ2) is 5.62. The quantitative estimate of drug-likeness (QED) is 0.594. The van der Waals surface area contributed by atoms with Crippen molar-refractivity contribution in [3.63, 3.8) is 0 Å². The fourth-order valence-electron chi connectivity index (χ4n) is 2.35. The van der Waals surface area contributed by atoms with E-state index >= 15 is 0 Å². The van der Waals surface area contributed by atoms with Gasteiger partial charge in [0, 0.05) is 17.8 Å². The van der Waals surface area contributed by atoms with E-state index in [2.05, 4.69) is 29.2 Å². The maximum Gasteiger partial charge on any atom is 0.330 e. The Labute approximate surface area is 137 Å². The summed E-state index contributed by atoms with van der Waals surface area (Å²) in [6, 6.07) is 12.4. The highest BCUT2D eigenvalue weighted by molar-refractivity contribution is 6.47. The molecular weight excluding hydrogens is 285 g/mol. The molecule has 0 atom stereocenters. The SMILES string of the molecule is CC(C)(O)C(C)(C)O[B]c1ccc2c(ccc3ccncc32)c1. The van der Waals surface area contributed by atoms with Crippen LogP contribution in [0.25, 0.3) is 21.5 Å². The summed E-state index contributed by atoms with van der Waals surface area (Å²) < 4.78 is 5.83. The molecule has 0 aliphatic rings. The number of nitrogens with zero attached hydrogens (tertiary/aromatic N) is 1. The van der Waals surface area contributed by atoms with Crippen LogP contribution in [0, 0.1) is 0 Å². The molecule has 2 aromatic carbocycles. The summed E-state index contributed by atoms with van der Waals surface area (Å²) in [5.74, 6) is 0. The summed E-state index contributed by atoms with van der Waals surface area (Å²) in [5, 5.41) is 14.8. The van der Waals surface area contributed by atoms with E-state index in [1.807, 2.05) is 38.4 Å². The lowest BCUT2D eigenvalue weighted by Gasteiger charge is -2.37. The average Bonchev–Trinajstić information content (AvgIpc) is 2.51. The van der Waals surface area contributed by atoms with Gasteiger partial charge < -0.3 is 9.76 Å². The van der Waals surface area contributed by atoms with Crippen LogP contribution in [0.15, 0.2) is 48.8 Å². The van der Waals surface area contributed by atoms with Crippen LogP contribution in [-0.4, -0.2) is 28.8 Å². The van der Waals surface area contributed by atoms with Crippen molar-refractivity contribution < 1.29 is 9.76 Å². The number of aromatic nitrogens is 1. The lowest BCUT2D eigenvalue weighted by atomic mass is 9.82. The van der Waals surface area contributed by atoms with Gasteiger partial charge in [0.15, 0.2) is 0 Å². The Hall–Kier alpha value is -1.91. The van der Waals surface area contributed by atoms with Gasteiger partial charge in [-0.2, -0.15) is 0 Å². The van der Waals surface area contributed by atoms with Crippen molar-refractivity contribution in [1.82, 2.24) is 4.98 Å². The molecule has 0 amide bonds. The van der Waals surface area contributed by atoms with E-state index in [4.69, 9.17) is 4.65 Å². The predicted molar refractivity (Wildman–Crippen MR) is 96.1 cm³/mol. The third kappa shape index (κ3) is 3.10. The zero-order chi connectivity index (χ0) is 16.7. The van der Waals surface area contributed by atoms with Gasteiger partial charge in [-0.3, -0.25) is 4.98 Å². The Morgan fingerprint density at radius 1 is 0.957 bits per heavy atom. The van der Waals surface area contributed by atoms with Crippen molar-refractivity contribution in [3.05, 3.63) is 48.8 Å². The molecule has 0 saturated heterocycles. The molecule has 0 aliphatic heterocycles. The first kappa shape index (κ1) is 16.0. The van der Waals surface area contributed by atoms with Gasteiger partial charge in [0.05, 0.1) is 11.2 Å². The predicted octanol–water partition coefficient (Wildman–Crippen LogP) is 3.20. The molecule has 3 aromatic rings. The van der Waals surface area contributed by atoms with Crippen LogP contribution < -0.4 is 5.46 Å². The van der Waals surface area contributed by atoms with E-state index in [0.717, 1.165) is 16.2 Å². The van der Waals surface area contributed by atoms with Crippen molar-refractivity contribution >= 4 is 34.5 Å². The highest BCUT2D eigenvalue weighted by atomic mass is 16.5. The zero-order valence-corrected chi connectivity index (χ0v) is 14.0. The Kier molecular flexibility index (Phi) is 3.90. The molecule has 3 rings (SSSR count).